The van der Waals surface area contributed by atoms with Crippen molar-refractivity contribution in [2.45, 2.75) is 63.0 Å². The molecule has 0 heterocycles. The van der Waals surface area contributed by atoms with Gasteiger partial charge in [0.2, 0.25) is 0 Å². The molecule has 1 N–H and O–H groups in total. The third kappa shape index (κ3) is 3.90. The molecule has 1 nitrogen and oxygen atoms in total. The Morgan fingerprint density at radius 2 is 2.15 bits per heavy atom. The van der Waals surface area contributed by atoms with Crippen molar-refractivity contribution in [2.75, 3.05) is 6.54 Å². The first-order valence-electron chi connectivity index (χ1n) is 5.65. The van der Waals surface area contributed by atoms with Gasteiger partial charge < -0.3 is 5.32 Å². The highest BCUT2D eigenvalue weighted by Crippen LogP contribution is 2.33. The van der Waals surface area contributed by atoms with E-state index in [1.165, 1.54) is 25.7 Å². The topological polar surface area (TPSA) is 12.0 Å². The zero-order valence-electron chi connectivity index (χ0n) is 9.18. The molecule has 3 unspecified atom stereocenters. The first-order valence-corrected chi connectivity index (χ1v) is 6.59. The Bertz CT molecular complexity index is 138. The average molecular weight is 201 g/mol. The van der Waals surface area contributed by atoms with Gasteiger partial charge in [0.05, 0.1) is 0 Å². The van der Waals surface area contributed by atoms with Gasteiger partial charge in [0.1, 0.15) is 0 Å². The van der Waals surface area contributed by atoms with E-state index in [0.717, 1.165) is 23.1 Å². The normalized spacial score (nSPS) is 30.7. The fraction of sp³-hybridized carbons (Fsp3) is 1.00. The number of thioether (sulfide) groups is 1. The summed E-state index contributed by atoms with van der Waals surface area (Å²) in [5.74, 6) is 0. The molecule has 0 aromatic carbocycles. The fourth-order valence-electron chi connectivity index (χ4n) is 1.96. The molecule has 2 heteroatoms. The standard InChI is InChI=1S/C11H23NS/c1-4-9(3)13-11-7-6-10(8-11)12-5-2/h9-12H,4-8H2,1-3H3. The van der Waals surface area contributed by atoms with E-state index in [1.807, 2.05) is 0 Å². The molecule has 1 saturated carbocycles. The highest BCUT2D eigenvalue weighted by atomic mass is 32.2. The van der Waals surface area contributed by atoms with Gasteiger partial charge in [0, 0.05) is 16.5 Å². The summed E-state index contributed by atoms with van der Waals surface area (Å²) in [5.41, 5.74) is 0. The molecule has 3 atom stereocenters. The minimum absolute atomic E-state index is 0.812. The molecule has 0 spiro atoms. The van der Waals surface area contributed by atoms with Crippen LogP contribution in [0.3, 0.4) is 0 Å². The first-order chi connectivity index (χ1) is 6.26. The van der Waals surface area contributed by atoms with Gasteiger partial charge in [-0.25, -0.2) is 0 Å². The van der Waals surface area contributed by atoms with Crippen molar-refractivity contribution >= 4 is 11.8 Å². The van der Waals surface area contributed by atoms with Crippen LogP contribution in [-0.2, 0) is 0 Å². The maximum atomic E-state index is 3.55. The highest BCUT2D eigenvalue weighted by molar-refractivity contribution is 8.00. The molecule has 0 saturated heterocycles. The molecule has 0 amide bonds. The second kappa shape index (κ2) is 5.92. The van der Waals surface area contributed by atoms with Crippen molar-refractivity contribution in [3.63, 3.8) is 0 Å². The summed E-state index contributed by atoms with van der Waals surface area (Å²) in [6.45, 7) is 7.97. The van der Waals surface area contributed by atoms with Gasteiger partial charge in [0.25, 0.3) is 0 Å². The molecule has 0 aliphatic heterocycles. The number of nitrogens with one attached hydrogen (secondary N) is 1. The van der Waals surface area contributed by atoms with Gasteiger partial charge in [-0.05, 0) is 32.2 Å². The molecule has 1 fully saturated rings. The fourth-order valence-corrected chi connectivity index (χ4v) is 3.43. The second-order valence-corrected chi connectivity index (χ2v) is 5.79. The van der Waals surface area contributed by atoms with Gasteiger partial charge in [-0.2, -0.15) is 11.8 Å². The van der Waals surface area contributed by atoms with Gasteiger partial charge >= 0.3 is 0 Å². The van der Waals surface area contributed by atoms with Crippen molar-refractivity contribution < 1.29 is 0 Å². The van der Waals surface area contributed by atoms with Crippen LogP contribution >= 0.6 is 11.8 Å². The lowest BCUT2D eigenvalue weighted by atomic mass is 10.2. The number of hydrogen-bond donors (Lipinski definition) is 1. The molecule has 0 aromatic heterocycles. The molecule has 1 rings (SSSR count). The van der Waals surface area contributed by atoms with Crippen LogP contribution in [0.1, 0.15) is 46.5 Å². The highest BCUT2D eigenvalue weighted by Gasteiger charge is 2.25. The van der Waals surface area contributed by atoms with E-state index in [1.54, 1.807) is 0 Å². The Morgan fingerprint density at radius 3 is 2.77 bits per heavy atom. The van der Waals surface area contributed by atoms with Gasteiger partial charge in [0.15, 0.2) is 0 Å². The van der Waals surface area contributed by atoms with E-state index >= 15 is 0 Å². The molecule has 0 bridgehead atoms. The monoisotopic (exact) mass is 201 g/mol. The van der Waals surface area contributed by atoms with E-state index < -0.39 is 0 Å². The summed E-state index contributed by atoms with van der Waals surface area (Å²) >= 11 is 2.20. The van der Waals surface area contributed by atoms with E-state index in [0.29, 0.717) is 0 Å². The van der Waals surface area contributed by atoms with Crippen molar-refractivity contribution in [3.8, 4) is 0 Å². The van der Waals surface area contributed by atoms with E-state index in [2.05, 4.69) is 37.8 Å². The molecular formula is C11H23NS. The predicted molar refractivity (Wildman–Crippen MR) is 62.4 cm³/mol. The lowest BCUT2D eigenvalue weighted by Crippen LogP contribution is -2.26. The van der Waals surface area contributed by atoms with Crippen molar-refractivity contribution in [1.29, 1.82) is 0 Å². The Kier molecular flexibility index (Phi) is 5.18. The zero-order chi connectivity index (χ0) is 9.68. The van der Waals surface area contributed by atoms with Gasteiger partial charge in [-0.3, -0.25) is 0 Å². The Morgan fingerprint density at radius 1 is 1.38 bits per heavy atom. The molecule has 78 valence electrons. The van der Waals surface area contributed by atoms with Gasteiger partial charge in [-0.1, -0.05) is 20.8 Å². The minimum Gasteiger partial charge on any atom is -0.314 e. The number of hydrogen-bond acceptors (Lipinski definition) is 2. The first kappa shape index (κ1) is 11.4. The Balaban J connectivity index is 2.17. The Hall–Kier alpha value is 0.310. The summed E-state index contributed by atoms with van der Waals surface area (Å²) in [6.07, 6.45) is 5.52. The summed E-state index contributed by atoms with van der Waals surface area (Å²) in [7, 11) is 0. The SMILES string of the molecule is CCNC1CCC(SC(C)CC)C1. The van der Waals surface area contributed by atoms with Gasteiger partial charge in [-0.15, -0.1) is 0 Å². The maximum Gasteiger partial charge on any atom is 0.00778 e. The summed E-state index contributed by atoms with van der Waals surface area (Å²) in [5, 5.41) is 5.33. The maximum absolute atomic E-state index is 3.55. The predicted octanol–water partition coefficient (Wildman–Crippen LogP) is 3.05. The van der Waals surface area contributed by atoms with Crippen LogP contribution in [0.25, 0.3) is 0 Å². The third-order valence-electron chi connectivity index (χ3n) is 2.88. The molecule has 1 aliphatic rings. The smallest absolute Gasteiger partial charge is 0.00778 e. The van der Waals surface area contributed by atoms with E-state index in [4.69, 9.17) is 0 Å². The summed E-state index contributed by atoms with van der Waals surface area (Å²) in [6, 6.07) is 0.812. The second-order valence-electron chi connectivity index (χ2n) is 4.04. The van der Waals surface area contributed by atoms with Crippen LogP contribution in [0, 0.1) is 0 Å². The van der Waals surface area contributed by atoms with Crippen molar-refractivity contribution in [3.05, 3.63) is 0 Å². The van der Waals surface area contributed by atoms with Crippen LogP contribution in [0.4, 0.5) is 0 Å². The lowest BCUT2D eigenvalue weighted by molar-refractivity contribution is 0.543. The quantitative estimate of drug-likeness (QED) is 0.734. The van der Waals surface area contributed by atoms with Crippen molar-refractivity contribution in [2.24, 2.45) is 0 Å². The minimum atomic E-state index is 0.812. The molecular weight excluding hydrogens is 178 g/mol. The van der Waals surface area contributed by atoms with Crippen LogP contribution in [0.5, 0.6) is 0 Å². The van der Waals surface area contributed by atoms with E-state index in [-0.39, 0.29) is 0 Å². The van der Waals surface area contributed by atoms with Crippen LogP contribution in [0.2, 0.25) is 0 Å². The molecule has 13 heavy (non-hydrogen) atoms. The number of rotatable bonds is 5. The average Bonchev–Trinajstić information content (AvgIpc) is 2.53. The van der Waals surface area contributed by atoms with Crippen LogP contribution < -0.4 is 5.32 Å². The largest absolute Gasteiger partial charge is 0.314 e. The zero-order valence-corrected chi connectivity index (χ0v) is 9.99. The molecule has 1 aliphatic carbocycles. The van der Waals surface area contributed by atoms with Crippen LogP contribution in [-0.4, -0.2) is 23.1 Å². The third-order valence-corrected chi connectivity index (χ3v) is 4.49. The Labute approximate surface area is 87.1 Å². The lowest BCUT2D eigenvalue weighted by Gasteiger charge is -2.15. The van der Waals surface area contributed by atoms with Crippen LogP contribution in [0.15, 0.2) is 0 Å². The summed E-state index contributed by atoms with van der Waals surface area (Å²) < 4.78 is 0. The van der Waals surface area contributed by atoms with Crippen molar-refractivity contribution in [1.82, 2.24) is 5.32 Å². The molecule has 0 aromatic rings. The molecule has 0 radical (unpaired) electrons. The summed E-state index contributed by atoms with van der Waals surface area (Å²) in [4.78, 5) is 0. The van der Waals surface area contributed by atoms with E-state index in [9.17, 15) is 0 Å².